The number of carbonyl (C=O) groups is 1. The Labute approximate surface area is 126 Å². The molecule has 0 aliphatic carbocycles. The van der Waals surface area contributed by atoms with Crippen LogP contribution in [-0.4, -0.2) is 31.6 Å². The van der Waals surface area contributed by atoms with E-state index in [0.717, 1.165) is 31.7 Å². The molecule has 0 aromatic heterocycles. The first kappa shape index (κ1) is 16.5. The van der Waals surface area contributed by atoms with Gasteiger partial charge in [-0.3, -0.25) is 4.79 Å². The molecule has 2 rings (SSSR count). The minimum absolute atomic E-state index is 0. The largest absolute Gasteiger partial charge is 0.490 e. The van der Waals surface area contributed by atoms with E-state index in [0.29, 0.717) is 12.2 Å². The fourth-order valence-corrected chi connectivity index (χ4v) is 2.09. The maximum Gasteiger partial charge on any atom is 0.251 e. The molecule has 1 heterocycles. The first-order valence-electron chi connectivity index (χ1n) is 6.65. The molecule has 0 unspecified atom stereocenters. The summed E-state index contributed by atoms with van der Waals surface area (Å²) in [5.41, 5.74) is 0.671. The van der Waals surface area contributed by atoms with Crippen LogP contribution in [0.25, 0.3) is 0 Å². The zero-order chi connectivity index (χ0) is 13.5. The van der Waals surface area contributed by atoms with Gasteiger partial charge in [-0.15, -0.1) is 12.4 Å². The first-order chi connectivity index (χ1) is 9.29. The molecule has 4 nitrogen and oxygen atoms in total. The Morgan fingerprint density at radius 3 is 2.60 bits per heavy atom. The molecule has 0 spiro atoms. The molecule has 0 bridgehead atoms. The summed E-state index contributed by atoms with van der Waals surface area (Å²) in [6.07, 6.45) is 3.68. The number of halogens is 1. The van der Waals surface area contributed by atoms with E-state index in [1.165, 1.54) is 0 Å². The van der Waals surface area contributed by atoms with Crippen molar-refractivity contribution in [2.45, 2.75) is 18.9 Å². The number of hydrogen-bond donors (Lipinski definition) is 2. The Balaban J connectivity index is 0.00000200. The monoisotopic (exact) mass is 296 g/mol. The molecule has 0 atom stereocenters. The van der Waals surface area contributed by atoms with Crippen molar-refractivity contribution in [3.05, 3.63) is 42.5 Å². The van der Waals surface area contributed by atoms with Crippen molar-refractivity contribution < 1.29 is 9.53 Å². The average molecular weight is 297 g/mol. The van der Waals surface area contributed by atoms with Crippen LogP contribution < -0.4 is 15.4 Å². The lowest BCUT2D eigenvalue weighted by atomic mass is 10.1. The third kappa shape index (κ3) is 4.87. The molecule has 1 aromatic carbocycles. The number of carbonyl (C=O) groups excluding carboxylic acids is 1. The topological polar surface area (TPSA) is 50.4 Å². The van der Waals surface area contributed by atoms with Crippen LogP contribution in [0.3, 0.4) is 0 Å². The van der Waals surface area contributed by atoms with Crippen LogP contribution in [0.4, 0.5) is 0 Å². The van der Waals surface area contributed by atoms with Crippen molar-refractivity contribution in [2.24, 2.45) is 0 Å². The van der Waals surface area contributed by atoms with E-state index in [2.05, 4.69) is 17.2 Å². The fourth-order valence-electron chi connectivity index (χ4n) is 2.09. The first-order valence-corrected chi connectivity index (χ1v) is 6.65. The molecule has 2 N–H and O–H groups in total. The maximum atomic E-state index is 12.0. The van der Waals surface area contributed by atoms with Gasteiger partial charge in [0.15, 0.2) is 0 Å². The smallest absolute Gasteiger partial charge is 0.251 e. The van der Waals surface area contributed by atoms with E-state index in [4.69, 9.17) is 4.74 Å². The van der Waals surface area contributed by atoms with Crippen molar-refractivity contribution in [1.82, 2.24) is 10.6 Å². The molecule has 0 saturated carbocycles. The number of hydrogen-bond acceptors (Lipinski definition) is 3. The van der Waals surface area contributed by atoms with Gasteiger partial charge in [0.1, 0.15) is 12.4 Å². The second-order valence-corrected chi connectivity index (χ2v) is 4.62. The van der Waals surface area contributed by atoms with Crippen LogP contribution in [0.5, 0.6) is 5.75 Å². The predicted octanol–water partition coefficient (Wildman–Crippen LogP) is 2.16. The van der Waals surface area contributed by atoms with E-state index in [1.807, 2.05) is 0 Å². The van der Waals surface area contributed by atoms with E-state index < -0.39 is 0 Å². The van der Waals surface area contributed by atoms with Crippen LogP contribution in [-0.2, 0) is 0 Å². The Bertz CT molecular complexity index is 428. The zero-order valence-electron chi connectivity index (χ0n) is 11.4. The second kappa shape index (κ2) is 8.61. The number of rotatable bonds is 5. The lowest BCUT2D eigenvalue weighted by Gasteiger charge is -2.23. The number of amides is 1. The standard InChI is InChI=1S/C15H20N2O2.ClH/c1-2-11-19-14-5-3-12(4-6-14)15(18)17-13-7-9-16-10-8-13;/h2-6,13,16H,1,7-11H2,(H,17,18);1H. The summed E-state index contributed by atoms with van der Waals surface area (Å²) in [5.74, 6) is 0.737. The average Bonchev–Trinajstić information content (AvgIpc) is 2.46. The third-order valence-electron chi connectivity index (χ3n) is 3.16. The molecule has 110 valence electrons. The highest BCUT2D eigenvalue weighted by atomic mass is 35.5. The highest BCUT2D eigenvalue weighted by molar-refractivity contribution is 5.94. The molecule has 1 fully saturated rings. The van der Waals surface area contributed by atoms with Gasteiger partial charge < -0.3 is 15.4 Å². The molecule has 1 aliphatic rings. The number of nitrogens with one attached hydrogen (secondary N) is 2. The zero-order valence-corrected chi connectivity index (χ0v) is 12.2. The molecule has 1 amide bonds. The third-order valence-corrected chi connectivity index (χ3v) is 3.16. The summed E-state index contributed by atoms with van der Waals surface area (Å²) in [5, 5.41) is 6.34. The number of benzene rings is 1. The van der Waals surface area contributed by atoms with Gasteiger partial charge >= 0.3 is 0 Å². The van der Waals surface area contributed by atoms with Crippen LogP contribution in [0.2, 0.25) is 0 Å². The van der Waals surface area contributed by atoms with Gasteiger partial charge in [0, 0.05) is 11.6 Å². The van der Waals surface area contributed by atoms with Crippen molar-refractivity contribution in [3.63, 3.8) is 0 Å². The van der Waals surface area contributed by atoms with Gasteiger partial charge in [-0.05, 0) is 50.2 Å². The van der Waals surface area contributed by atoms with E-state index >= 15 is 0 Å². The van der Waals surface area contributed by atoms with Crippen molar-refractivity contribution in [1.29, 1.82) is 0 Å². The van der Waals surface area contributed by atoms with Gasteiger partial charge in [-0.2, -0.15) is 0 Å². The van der Waals surface area contributed by atoms with Gasteiger partial charge in [0.05, 0.1) is 0 Å². The minimum Gasteiger partial charge on any atom is -0.490 e. The number of ether oxygens (including phenoxy) is 1. The molecule has 5 heteroatoms. The second-order valence-electron chi connectivity index (χ2n) is 4.62. The summed E-state index contributed by atoms with van der Waals surface area (Å²) in [6.45, 7) is 6.01. The van der Waals surface area contributed by atoms with Gasteiger partial charge in [-0.1, -0.05) is 12.7 Å². The van der Waals surface area contributed by atoms with Crippen molar-refractivity contribution >= 4 is 18.3 Å². The van der Waals surface area contributed by atoms with Crippen LogP contribution >= 0.6 is 12.4 Å². The summed E-state index contributed by atoms with van der Waals surface area (Å²) >= 11 is 0. The summed E-state index contributed by atoms with van der Waals surface area (Å²) in [6, 6.07) is 7.47. The lowest BCUT2D eigenvalue weighted by Crippen LogP contribution is -2.42. The van der Waals surface area contributed by atoms with Crippen LogP contribution in [0.1, 0.15) is 23.2 Å². The van der Waals surface area contributed by atoms with E-state index in [-0.39, 0.29) is 24.4 Å². The predicted molar refractivity (Wildman–Crippen MR) is 82.7 cm³/mol. The van der Waals surface area contributed by atoms with Gasteiger partial charge in [0.2, 0.25) is 0 Å². The fraction of sp³-hybridized carbons (Fsp3) is 0.400. The molecule has 20 heavy (non-hydrogen) atoms. The molecule has 1 aromatic rings. The summed E-state index contributed by atoms with van der Waals surface area (Å²) < 4.78 is 5.38. The Morgan fingerprint density at radius 1 is 1.35 bits per heavy atom. The van der Waals surface area contributed by atoms with Gasteiger partial charge in [-0.25, -0.2) is 0 Å². The normalized spacial score (nSPS) is 15.0. The van der Waals surface area contributed by atoms with E-state index in [9.17, 15) is 4.79 Å². The van der Waals surface area contributed by atoms with E-state index in [1.54, 1.807) is 30.3 Å². The minimum atomic E-state index is -0.0119. The molecule has 1 saturated heterocycles. The Kier molecular flexibility index (Phi) is 7.12. The van der Waals surface area contributed by atoms with Crippen LogP contribution in [0.15, 0.2) is 36.9 Å². The number of piperidine rings is 1. The summed E-state index contributed by atoms with van der Waals surface area (Å²) in [4.78, 5) is 12.0. The highest BCUT2D eigenvalue weighted by Crippen LogP contribution is 2.13. The maximum absolute atomic E-state index is 12.0. The Morgan fingerprint density at radius 2 is 2.00 bits per heavy atom. The van der Waals surface area contributed by atoms with Crippen molar-refractivity contribution in [2.75, 3.05) is 19.7 Å². The molecular weight excluding hydrogens is 276 g/mol. The quantitative estimate of drug-likeness (QED) is 0.819. The van der Waals surface area contributed by atoms with Crippen molar-refractivity contribution in [3.8, 4) is 5.75 Å². The van der Waals surface area contributed by atoms with Gasteiger partial charge in [0.25, 0.3) is 5.91 Å². The van der Waals surface area contributed by atoms with Crippen LogP contribution in [0, 0.1) is 0 Å². The summed E-state index contributed by atoms with van der Waals surface area (Å²) in [7, 11) is 0. The highest BCUT2D eigenvalue weighted by Gasteiger charge is 2.16. The molecule has 1 aliphatic heterocycles. The Hall–Kier alpha value is -1.52. The lowest BCUT2D eigenvalue weighted by molar-refractivity contribution is 0.0929. The molecular formula is C15H21ClN2O2. The molecule has 0 radical (unpaired) electrons. The SMILES string of the molecule is C=CCOc1ccc(C(=O)NC2CCNCC2)cc1.Cl.